The summed E-state index contributed by atoms with van der Waals surface area (Å²) < 4.78 is 5.41. The van der Waals surface area contributed by atoms with Crippen molar-refractivity contribution in [3.05, 3.63) is 59.7 Å². The summed E-state index contributed by atoms with van der Waals surface area (Å²) in [5, 5.41) is 12.0. The molecular formula is C21H25NO4S. The first-order valence-electron chi connectivity index (χ1n) is 8.88. The Kier molecular flexibility index (Phi) is 8.20. The highest BCUT2D eigenvalue weighted by Crippen LogP contribution is 2.22. The first-order valence-corrected chi connectivity index (χ1v) is 10.1. The van der Waals surface area contributed by atoms with Crippen molar-refractivity contribution in [3.63, 3.8) is 0 Å². The molecule has 0 saturated carbocycles. The third kappa shape index (κ3) is 6.98. The average Bonchev–Trinajstić information content (AvgIpc) is 2.67. The second kappa shape index (κ2) is 10.6. The molecule has 6 heteroatoms. The monoisotopic (exact) mass is 387 g/mol. The van der Waals surface area contributed by atoms with Gasteiger partial charge in [-0.2, -0.15) is 0 Å². The van der Waals surface area contributed by atoms with Crippen LogP contribution in [0.3, 0.4) is 0 Å². The van der Waals surface area contributed by atoms with Crippen LogP contribution in [0.2, 0.25) is 0 Å². The number of carbonyl (C=O) groups is 2. The van der Waals surface area contributed by atoms with Gasteiger partial charge in [-0.15, -0.1) is 11.8 Å². The number of carbonyl (C=O) groups excluding carboxylic acids is 1. The van der Waals surface area contributed by atoms with E-state index >= 15 is 0 Å². The number of thioether (sulfide) groups is 1. The number of benzene rings is 2. The Morgan fingerprint density at radius 2 is 1.78 bits per heavy atom. The molecule has 0 aliphatic rings. The maximum Gasteiger partial charge on any atom is 0.305 e. The molecule has 5 nitrogen and oxygen atoms in total. The number of hydrogen-bond donors (Lipinski definition) is 2. The lowest BCUT2D eigenvalue weighted by Crippen LogP contribution is -2.30. The van der Waals surface area contributed by atoms with Crippen molar-refractivity contribution in [3.8, 4) is 5.75 Å². The molecule has 0 heterocycles. The molecule has 2 aromatic carbocycles. The van der Waals surface area contributed by atoms with Crippen molar-refractivity contribution in [1.29, 1.82) is 0 Å². The number of rotatable bonds is 10. The van der Waals surface area contributed by atoms with Crippen molar-refractivity contribution >= 4 is 23.6 Å². The van der Waals surface area contributed by atoms with E-state index in [1.165, 1.54) is 0 Å². The van der Waals surface area contributed by atoms with E-state index in [0.717, 1.165) is 21.8 Å². The first-order chi connectivity index (χ1) is 13.0. The number of ether oxygens (including phenoxy) is 1. The summed E-state index contributed by atoms with van der Waals surface area (Å²) in [6, 6.07) is 14.7. The van der Waals surface area contributed by atoms with E-state index in [2.05, 4.69) is 5.32 Å². The van der Waals surface area contributed by atoms with Crippen LogP contribution in [0.15, 0.2) is 53.4 Å². The van der Waals surface area contributed by atoms with Gasteiger partial charge in [0, 0.05) is 11.3 Å². The van der Waals surface area contributed by atoms with Gasteiger partial charge in [0.2, 0.25) is 5.91 Å². The molecule has 0 radical (unpaired) electrons. The summed E-state index contributed by atoms with van der Waals surface area (Å²) in [6.45, 7) is 2.55. The molecule has 0 saturated heterocycles. The van der Waals surface area contributed by atoms with Crippen LogP contribution in [0, 0.1) is 0 Å². The van der Waals surface area contributed by atoms with Gasteiger partial charge in [0.05, 0.1) is 19.1 Å². The van der Waals surface area contributed by atoms with Gasteiger partial charge in [0.15, 0.2) is 0 Å². The molecule has 0 aliphatic heterocycles. The number of carboxylic acid groups (broad SMARTS) is 1. The molecule has 0 aliphatic carbocycles. The average molecular weight is 388 g/mol. The first kappa shape index (κ1) is 20.8. The summed E-state index contributed by atoms with van der Waals surface area (Å²) >= 11 is 1.61. The Bertz CT molecular complexity index is 744. The molecule has 0 spiro atoms. The molecule has 0 fully saturated rings. The van der Waals surface area contributed by atoms with E-state index in [-0.39, 0.29) is 12.3 Å². The van der Waals surface area contributed by atoms with Crippen molar-refractivity contribution in [2.75, 3.05) is 12.9 Å². The van der Waals surface area contributed by atoms with Gasteiger partial charge >= 0.3 is 5.97 Å². The van der Waals surface area contributed by atoms with Crippen molar-refractivity contribution in [1.82, 2.24) is 5.32 Å². The van der Waals surface area contributed by atoms with Crippen LogP contribution in [0.25, 0.3) is 0 Å². The maximum atomic E-state index is 12.3. The molecule has 1 amide bonds. The van der Waals surface area contributed by atoms with E-state index in [1.54, 1.807) is 11.8 Å². The van der Waals surface area contributed by atoms with Crippen LogP contribution in [0.4, 0.5) is 0 Å². The molecule has 1 atom stereocenters. The summed E-state index contributed by atoms with van der Waals surface area (Å²) in [7, 11) is 0. The summed E-state index contributed by atoms with van der Waals surface area (Å²) in [4.78, 5) is 24.6. The largest absolute Gasteiger partial charge is 0.494 e. The zero-order chi connectivity index (χ0) is 19.6. The predicted molar refractivity (Wildman–Crippen MR) is 107 cm³/mol. The van der Waals surface area contributed by atoms with Crippen molar-refractivity contribution < 1.29 is 19.4 Å². The lowest BCUT2D eigenvalue weighted by atomic mass is 10.0. The predicted octanol–water partition coefficient (Wildman–Crippen LogP) is 4.07. The Balaban J connectivity index is 1.95. The Morgan fingerprint density at radius 1 is 1.11 bits per heavy atom. The van der Waals surface area contributed by atoms with Gasteiger partial charge in [-0.05, 0) is 55.0 Å². The normalized spacial score (nSPS) is 11.6. The minimum atomic E-state index is -0.944. The molecule has 2 N–H and O–H groups in total. The van der Waals surface area contributed by atoms with Crippen LogP contribution in [-0.4, -0.2) is 29.8 Å². The standard InChI is InChI=1S/C21H25NO4S/c1-3-26-17-9-4-15(5-10-17)6-13-20(23)22-19(14-21(24)25)16-7-11-18(27-2)12-8-16/h4-5,7-12,19H,3,6,13-14H2,1-2H3,(H,22,23)(H,24,25). The summed E-state index contributed by atoms with van der Waals surface area (Å²) in [5.41, 5.74) is 1.83. The highest BCUT2D eigenvalue weighted by atomic mass is 32.2. The van der Waals surface area contributed by atoms with Crippen LogP contribution in [0.1, 0.15) is 36.9 Å². The van der Waals surface area contributed by atoms with Crippen molar-refractivity contribution in [2.24, 2.45) is 0 Å². The van der Waals surface area contributed by atoms with Gasteiger partial charge in [-0.3, -0.25) is 9.59 Å². The molecular weight excluding hydrogens is 362 g/mol. The zero-order valence-electron chi connectivity index (χ0n) is 15.6. The number of amides is 1. The second-order valence-electron chi connectivity index (χ2n) is 6.07. The quantitative estimate of drug-likeness (QED) is 0.601. The van der Waals surface area contributed by atoms with Gasteiger partial charge in [0.25, 0.3) is 0 Å². The molecule has 27 heavy (non-hydrogen) atoms. The number of nitrogens with one attached hydrogen (secondary N) is 1. The minimum absolute atomic E-state index is 0.145. The van der Waals surface area contributed by atoms with E-state index in [0.29, 0.717) is 19.4 Å². The number of aryl methyl sites for hydroxylation is 1. The van der Waals surface area contributed by atoms with Gasteiger partial charge in [-0.1, -0.05) is 24.3 Å². The van der Waals surface area contributed by atoms with Gasteiger partial charge < -0.3 is 15.2 Å². The van der Waals surface area contributed by atoms with E-state index in [4.69, 9.17) is 9.84 Å². The summed E-state index contributed by atoms with van der Waals surface area (Å²) in [6.07, 6.45) is 2.72. The fraction of sp³-hybridized carbons (Fsp3) is 0.333. The van der Waals surface area contributed by atoms with Gasteiger partial charge in [-0.25, -0.2) is 0 Å². The lowest BCUT2D eigenvalue weighted by Gasteiger charge is -2.18. The van der Waals surface area contributed by atoms with Gasteiger partial charge in [0.1, 0.15) is 5.75 Å². The third-order valence-corrected chi connectivity index (χ3v) is 4.85. The fourth-order valence-corrected chi connectivity index (χ4v) is 3.11. The molecule has 0 aromatic heterocycles. The number of aliphatic carboxylic acids is 1. The van der Waals surface area contributed by atoms with Crippen LogP contribution in [-0.2, 0) is 16.0 Å². The fourth-order valence-electron chi connectivity index (χ4n) is 2.71. The smallest absolute Gasteiger partial charge is 0.305 e. The van der Waals surface area contributed by atoms with Crippen molar-refractivity contribution in [2.45, 2.75) is 37.1 Å². The topological polar surface area (TPSA) is 75.6 Å². The highest BCUT2D eigenvalue weighted by molar-refractivity contribution is 7.98. The molecule has 2 aromatic rings. The molecule has 0 bridgehead atoms. The van der Waals surface area contributed by atoms with Crippen LogP contribution in [0.5, 0.6) is 5.75 Å². The zero-order valence-corrected chi connectivity index (χ0v) is 16.4. The molecule has 1 unspecified atom stereocenters. The van der Waals surface area contributed by atoms with E-state index < -0.39 is 12.0 Å². The second-order valence-corrected chi connectivity index (χ2v) is 6.95. The van der Waals surface area contributed by atoms with E-state index in [1.807, 2.05) is 61.7 Å². The number of hydrogen-bond acceptors (Lipinski definition) is 4. The molecule has 144 valence electrons. The van der Waals surface area contributed by atoms with Crippen LogP contribution < -0.4 is 10.1 Å². The Morgan fingerprint density at radius 3 is 2.33 bits per heavy atom. The SMILES string of the molecule is CCOc1ccc(CCC(=O)NC(CC(=O)O)c2ccc(SC)cc2)cc1. The van der Waals surface area contributed by atoms with E-state index in [9.17, 15) is 9.59 Å². The molecule has 2 rings (SSSR count). The number of carboxylic acids is 1. The lowest BCUT2D eigenvalue weighted by molar-refractivity contribution is -0.137. The Hall–Kier alpha value is -2.47. The van der Waals surface area contributed by atoms with Crippen LogP contribution >= 0.6 is 11.8 Å². The highest BCUT2D eigenvalue weighted by Gasteiger charge is 2.18. The minimum Gasteiger partial charge on any atom is -0.494 e. The Labute approximate surface area is 164 Å². The maximum absolute atomic E-state index is 12.3. The summed E-state index contributed by atoms with van der Waals surface area (Å²) in [5.74, 6) is -0.300. The third-order valence-electron chi connectivity index (χ3n) is 4.11.